The van der Waals surface area contributed by atoms with Gasteiger partial charge < -0.3 is 24.6 Å². The zero-order valence-corrected chi connectivity index (χ0v) is 15.8. The fourth-order valence-electron chi connectivity index (χ4n) is 3.10. The Bertz CT molecular complexity index is 784. The number of fused-ring (bicyclic) bond motifs is 1. The van der Waals surface area contributed by atoms with Crippen molar-refractivity contribution < 1.29 is 19.3 Å². The number of ether oxygens (including phenoxy) is 3. The number of aliphatic imine (C=N–C) groups is 1. The van der Waals surface area contributed by atoms with Crippen molar-refractivity contribution in [2.24, 2.45) is 4.99 Å². The molecule has 2 aliphatic rings. The highest BCUT2D eigenvalue weighted by atomic mass is 32.2. The maximum absolute atomic E-state index is 10.7. The van der Waals surface area contributed by atoms with E-state index in [0.29, 0.717) is 13.2 Å². The molecule has 0 radical (unpaired) electrons. The van der Waals surface area contributed by atoms with Gasteiger partial charge in [0.2, 0.25) is 0 Å². The van der Waals surface area contributed by atoms with Gasteiger partial charge in [0.1, 0.15) is 11.9 Å². The van der Waals surface area contributed by atoms with Gasteiger partial charge in [0, 0.05) is 5.69 Å². The Hall–Kier alpha value is -2.06. The van der Waals surface area contributed by atoms with Crippen molar-refractivity contribution in [1.29, 1.82) is 0 Å². The van der Waals surface area contributed by atoms with Crippen LogP contribution in [0.5, 0.6) is 5.75 Å². The van der Waals surface area contributed by atoms with Crippen LogP contribution < -0.4 is 10.1 Å². The fraction of sp³-hybridized carbons (Fsp3) is 0.350. The summed E-state index contributed by atoms with van der Waals surface area (Å²) in [5.41, 5.74) is 1.97. The van der Waals surface area contributed by atoms with Crippen LogP contribution in [0.2, 0.25) is 0 Å². The summed E-state index contributed by atoms with van der Waals surface area (Å²) in [7, 11) is 1.64. The van der Waals surface area contributed by atoms with Gasteiger partial charge in [0.15, 0.2) is 11.5 Å². The van der Waals surface area contributed by atoms with Gasteiger partial charge in [0.05, 0.1) is 31.6 Å². The van der Waals surface area contributed by atoms with E-state index in [1.165, 1.54) is 11.8 Å². The first-order valence-electron chi connectivity index (χ1n) is 8.83. The Balaban J connectivity index is 1.34. The summed E-state index contributed by atoms with van der Waals surface area (Å²) in [5.74, 6) is 0.803. The molecule has 2 aromatic rings. The lowest BCUT2D eigenvalue weighted by Gasteiger charge is -2.34. The summed E-state index contributed by atoms with van der Waals surface area (Å²) in [6.45, 7) is 0.838. The topological polar surface area (TPSA) is 72.3 Å². The van der Waals surface area contributed by atoms with Crippen LogP contribution in [0.15, 0.2) is 59.6 Å². The number of methoxy groups -OCH3 is 1. The lowest BCUT2D eigenvalue weighted by Crippen LogP contribution is -2.50. The molecule has 7 heteroatoms. The number of amidine groups is 1. The van der Waals surface area contributed by atoms with E-state index in [9.17, 15) is 5.11 Å². The average molecular weight is 386 g/mol. The molecule has 6 nitrogen and oxygen atoms in total. The third-order valence-corrected chi connectivity index (χ3v) is 5.85. The molecule has 0 aromatic heterocycles. The van der Waals surface area contributed by atoms with Crippen LogP contribution in [0.25, 0.3) is 0 Å². The second-order valence-electron chi connectivity index (χ2n) is 6.43. The predicted molar refractivity (Wildman–Crippen MR) is 106 cm³/mol. The van der Waals surface area contributed by atoms with Crippen LogP contribution in [0.4, 0.5) is 5.69 Å². The first kappa shape index (κ1) is 18.3. The van der Waals surface area contributed by atoms with Crippen molar-refractivity contribution in [2.45, 2.75) is 30.3 Å². The molecule has 0 saturated carbocycles. The van der Waals surface area contributed by atoms with Crippen LogP contribution >= 0.6 is 11.8 Å². The summed E-state index contributed by atoms with van der Waals surface area (Å²) in [4.78, 5) is 4.65. The lowest BCUT2D eigenvalue weighted by molar-refractivity contribution is -0.220. The van der Waals surface area contributed by atoms with E-state index in [2.05, 4.69) is 10.3 Å². The molecule has 2 aromatic carbocycles. The molecule has 0 bridgehead atoms. The van der Waals surface area contributed by atoms with Crippen LogP contribution in [0.3, 0.4) is 0 Å². The summed E-state index contributed by atoms with van der Waals surface area (Å²) in [6.07, 6.45) is -1.38. The Morgan fingerprint density at radius 2 is 1.96 bits per heavy atom. The van der Waals surface area contributed by atoms with Gasteiger partial charge in [-0.2, -0.15) is 0 Å². The summed E-state index contributed by atoms with van der Waals surface area (Å²) in [5, 5.41) is 14.7. The van der Waals surface area contributed by atoms with Gasteiger partial charge >= 0.3 is 0 Å². The van der Waals surface area contributed by atoms with E-state index in [4.69, 9.17) is 14.2 Å². The van der Waals surface area contributed by atoms with Gasteiger partial charge in [-0.25, -0.2) is 0 Å². The van der Waals surface area contributed by atoms with Crippen molar-refractivity contribution in [3.63, 3.8) is 0 Å². The van der Waals surface area contributed by atoms with E-state index in [-0.39, 0.29) is 11.3 Å². The maximum atomic E-state index is 10.7. The van der Waals surface area contributed by atoms with Crippen molar-refractivity contribution in [3.05, 3.63) is 60.2 Å². The van der Waals surface area contributed by atoms with Crippen LogP contribution in [0, 0.1) is 0 Å². The Morgan fingerprint density at radius 3 is 2.70 bits per heavy atom. The van der Waals surface area contributed by atoms with Crippen molar-refractivity contribution >= 4 is 22.6 Å². The number of benzene rings is 2. The zero-order chi connectivity index (χ0) is 18.6. The molecule has 27 heavy (non-hydrogen) atoms. The second kappa shape index (κ2) is 8.31. The molecular weight excluding hydrogens is 364 g/mol. The highest BCUT2D eigenvalue weighted by Gasteiger charge is 2.44. The minimum absolute atomic E-state index is 0.0812. The normalized spacial score (nSPS) is 27.0. The van der Waals surface area contributed by atoms with Gasteiger partial charge in [0.25, 0.3) is 0 Å². The summed E-state index contributed by atoms with van der Waals surface area (Å²) in [6, 6.07) is 17.4. The number of rotatable bonds is 5. The largest absolute Gasteiger partial charge is 0.497 e. The van der Waals surface area contributed by atoms with Gasteiger partial charge in [-0.3, -0.25) is 4.99 Å². The van der Waals surface area contributed by atoms with E-state index in [1.54, 1.807) is 7.11 Å². The predicted octanol–water partition coefficient (Wildman–Crippen LogP) is 2.88. The fourth-order valence-corrected chi connectivity index (χ4v) is 4.29. The summed E-state index contributed by atoms with van der Waals surface area (Å²) >= 11 is 1.53. The van der Waals surface area contributed by atoms with Crippen molar-refractivity contribution in [3.8, 4) is 5.75 Å². The highest BCUT2D eigenvalue weighted by Crippen LogP contribution is 2.36. The SMILES string of the molecule is COc1ccc(NC2=N[C@@H]3CO[C@@H](OCc4ccccc4)[C@@H](O)[C@@H]3S2)cc1. The molecule has 0 amide bonds. The molecule has 2 heterocycles. The minimum atomic E-state index is -0.739. The molecule has 0 spiro atoms. The molecule has 1 fully saturated rings. The quantitative estimate of drug-likeness (QED) is 0.823. The monoisotopic (exact) mass is 386 g/mol. The van der Waals surface area contributed by atoms with E-state index >= 15 is 0 Å². The first-order valence-corrected chi connectivity index (χ1v) is 9.71. The molecule has 0 aliphatic carbocycles. The van der Waals surface area contributed by atoms with E-state index < -0.39 is 12.4 Å². The third-order valence-electron chi connectivity index (χ3n) is 4.56. The number of hydrogen-bond acceptors (Lipinski definition) is 7. The highest BCUT2D eigenvalue weighted by molar-refractivity contribution is 8.15. The number of hydrogen-bond donors (Lipinski definition) is 2. The summed E-state index contributed by atoms with van der Waals surface area (Å²) < 4.78 is 16.7. The molecule has 2 N–H and O–H groups in total. The van der Waals surface area contributed by atoms with Gasteiger partial charge in [-0.1, -0.05) is 42.1 Å². The number of aliphatic hydroxyl groups is 1. The third kappa shape index (κ3) is 4.27. The number of nitrogens with zero attached hydrogens (tertiary/aromatic N) is 1. The lowest BCUT2D eigenvalue weighted by atomic mass is 10.1. The minimum Gasteiger partial charge on any atom is -0.497 e. The Labute approximate surface area is 162 Å². The molecule has 1 saturated heterocycles. The van der Waals surface area contributed by atoms with Gasteiger partial charge in [-0.05, 0) is 29.8 Å². The van der Waals surface area contributed by atoms with Crippen LogP contribution in [0.1, 0.15) is 5.56 Å². The average Bonchev–Trinajstić information content (AvgIpc) is 3.12. The number of thioether (sulfide) groups is 1. The van der Waals surface area contributed by atoms with Crippen LogP contribution in [-0.2, 0) is 16.1 Å². The molecular formula is C20H22N2O4S. The number of nitrogens with one attached hydrogen (secondary N) is 1. The first-order chi connectivity index (χ1) is 13.2. The standard InChI is InChI=1S/C20H22N2O4S/c1-24-15-9-7-14(8-10-15)21-20-22-16-12-26-19(17(23)18(16)27-20)25-11-13-5-3-2-4-6-13/h2-10,16-19,23H,11-12H2,1H3,(H,21,22)/t16-,17+,18-,19-/m1/s1. The number of aliphatic hydroxyl groups excluding tert-OH is 1. The second-order valence-corrected chi connectivity index (χ2v) is 7.59. The maximum Gasteiger partial charge on any atom is 0.185 e. The smallest absolute Gasteiger partial charge is 0.185 e. The van der Waals surface area contributed by atoms with Crippen LogP contribution in [-0.4, -0.2) is 47.7 Å². The van der Waals surface area contributed by atoms with Crippen molar-refractivity contribution in [2.75, 3.05) is 19.0 Å². The van der Waals surface area contributed by atoms with Gasteiger partial charge in [-0.15, -0.1) is 0 Å². The number of anilines is 1. The molecule has 142 valence electrons. The molecule has 4 atom stereocenters. The zero-order valence-electron chi connectivity index (χ0n) is 14.9. The van der Waals surface area contributed by atoms with Crippen molar-refractivity contribution in [1.82, 2.24) is 0 Å². The Morgan fingerprint density at radius 1 is 1.19 bits per heavy atom. The van der Waals surface area contributed by atoms with E-state index in [1.807, 2.05) is 54.6 Å². The molecule has 0 unspecified atom stereocenters. The Kier molecular flexibility index (Phi) is 5.63. The van der Waals surface area contributed by atoms with E-state index in [0.717, 1.165) is 22.2 Å². The molecule has 2 aliphatic heterocycles. The molecule has 4 rings (SSSR count).